The van der Waals surface area contributed by atoms with E-state index in [2.05, 4.69) is 0 Å². The van der Waals surface area contributed by atoms with Crippen LogP contribution in [-0.4, -0.2) is 33.9 Å². The van der Waals surface area contributed by atoms with Crippen LogP contribution < -0.4 is 9.47 Å². The summed E-state index contributed by atoms with van der Waals surface area (Å²) in [6, 6.07) is 8.18. The summed E-state index contributed by atoms with van der Waals surface area (Å²) in [7, 11) is 2.80. The first kappa shape index (κ1) is 23.7. The van der Waals surface area contributed by atoms with Crippen LogP contribution in [-0.2, 0) is 0 Å². The smallest absolute Gasteiger partial charge is 0.284 e. The SMILES string of the molecule is COc1ccc(OC)c(C=C2c3cc([N+](=O)[O-])cc([N+](=O)[O-])c3-c3c2cc([N+](=O)[O-])cc3[N+](=O)[O-])c1. The van der Waals surface area contributed by atoms with Crippen LogP contribution in [0.1, 0.15) is 16.7 Å². The molecule has 0 radical (unpaired) electrons. The third-order valence-electron chi connectivity index (χ3n) is 5.59. The minimum atomic E-state index is -0.893. The standard InChI is InChI=1S/C22H14N4O10/c1-35-14-3-4-20(36-2)11(5-14)6-15-16-7-12(23(27)28)9-18(25(31)32)21(16)22-17(15)8-13(24(29)30)10-19(22)26(33)34/h3-10H,1-2H3. The fraction of sp³-hybridized carbons (Fsp3) is 0.0909. The number of ether oxygens (including phenoxy) is 2. The third-order valence-corrected chi connectivity index (χ3v) is 5.59. The number of non-ortho nitro benzene ring substituents is 2. The fourth-order valence-electron chi connectivity index (χ4n) is 4.08. The van der Waals surface area contributed by atoms with Gasteiger partial charge in [-0.1, -0.05) is 0 Å². The van der Waals surface area contributed by atoms with Crippen LogP contribution in [0.2, 0.25) is 0 Å². The summed E-state index contributed by atoms with van der Waals surface area (Å²) < 4.78 is 10.6. The molecule has 0 aliphatic heterocycles. The summed E-state index contributed by atoms with van der Waals surface area (Å²) in [4.78, 5) is 43.4. The summed E-state index contributed by atoms with van der Waals surface area (Å²) in [5, 5.41) is 46.9. The Balaban J connectivity index is 2.20. The highest BCUT2D eigenvalue weighted by molar-refractivity contribution is 6.12. The molecule has 0 N–H and O–H groups in total. The molecule has 1 aliphatic carbocycles. The summed E-state index contributed by atoms with van der Waals surface area (Å²) in [6.45, 7) is 0. The minimum Gasteiger partial charge on any atom is -0.497 e. The van der Waals surface area contributed by atoms with Crippen molar-refractivity contribution in [1.29, 1.82) is 0 Å². The van der Waals surface area contributed by atoms with E-state index in [1.54, 1.807) is 18.2 Å². The predicted molar refractivity (Wildman–Crippen MR) is 125 cm³/mol. The first-order chi connectivity index (χ1) is 17.1. The number of nitro benzene ring substituents is 4. The summed E-state index contributed by atoms with van der Waals surface area (Å²) in [5.41, 5.74) is -3.00. The maximum atomic E-state index is 11.9. The van der Waals surface area contributed by atoms with Crippen molar-refractivity contribution in [1.82, 2.24) is 0 Å². The lowest BCUT2D eigenvalue weighted by Gasteiger charge is -2.09. The third kappa shape index (κ3) is 3.81. The number of methoxy groups -OCH3 is 2. The van der Waals surface area contributed by atoms with Gasteiger partial charge in [0.1, 0.15) is 11.5 Å². The van der Waals surface area contributed by atoms with Gasteiger partial charge < -0.3 is 9.47 Å². The van der Waals surface area contributed by atoms with E-state index in [1.165, 1.54) is 20.3 Å². The molecule has 0 amide bonds. The molecule has 3 aromatic rings. The van der Waals surface area contributed by atoms with Crippen LogP contribution in [0.3, 0.4) is 0 Å². The predicted octanol–water partition coefficient (Wildman–Crippen LogP) is 4.91. The monoisotopic (exact) mass is 494 g/mol. The lowest BCUT2D eigenvalue weighted by molar-refractivity contribution is -0.395. The van der Waals surface area contributed by atoms with Crippen LogP contribution >= 0.6 is 0 Å². The zero-order valence-electron chi connectivity index (χ0n) is 18.5. The minimum absolute atomic E-state index is 0.0603. The molecular formula is C22H14N4O10. The lowest BCUT2D eigenvalue weighted by atomic mass is 9.99. The highest BCUT2D eigenvalue weighted by atomic mass is 16.6. The topological polar surface area (TPSA) is 191 Å². The Hall–Kier alpha value is -5.40. The van der Waals surface area contributed by atoms with Crippen molar-refractivity contribution in [2.24, 2.45) is 0 Å². The Morgan fingerprint density at radius 1 is 0.667 bits per heavy atom. The van der Waals surface area contributed by atoms with Crippen LogP contribution in [0.5, 0.6) is 11.5 Å². The van der Waals surface area contributed by atoms with Crippen molar-refractivity contribution in [2.45, 2.75) is 0 Å². The zero-order valence-corrected chi connectivity index (χ0v) is 18.5. The molecule has 0 fully saturated rings. The molecule has 0 unspecified atom stereocenters. The molecule has 0 atom stereocenters. The normalized spacial score (nSPS) is 11.3. The largest absolute Gasteiger partial charge is 0.497 e. The van der Waals surface area contributed by atoms with E-state index < -0.39 is 42.4 Å². The molecule has 14 nitrogen and oxygen atoms in total. The van der Waals surface area contributed by atoms with Crippen molar-refractivity contribution in [3.8, 4) is 22.6 Å². The van der Waals surface area contributed by atoms with Crippen molar-refractivity contribution >= 4 is 34.4 Å². The van der Waals surface area contributed by atoms with E-state index in [0.29, 0.717) is 29.2 Å². The van der Waals surface area contributed by atoms with Crippen LogP contribution in [0.25, 0.3) is 22.8 Å². The quantitative estimate of drug-likeness (QED) is 0.252. The van der Waals surface area contributed by atoms with E-state index in [0.717, 1.165) is 12.1 Å². The molecular weight excluding hydrogens is 480 g/mol. The van der Waals surface area contributed by atoms with Crippen LogP contribution in [0, 0.1) is 40.5 Å². The molecule has 0 spiro atoms. The van der Waals surface area contributed by atoms with Crippen molar-refractivity contribution < 1.29 is 29.2 Å². The Morgan fingerprint density at radius 3 is 1.56 bits per heavy atom. The van der Waals surface area contributed by atoms with Gasteiger partial charge in [0, 0.05) is 28.8 Å². The molecule has 0 bridgehead atoms. The van der Waals surface area contributed by atoms with Crippen molar-refractivity contribution in [2.75, 3.05) is 14.2 Å². The van der Waals surface area contributed by atoms with E-state index in [-0.39, 0.29) is 27.8 Å². The first-order valence-electron chi connectivity index (χ1n) is 9.95. The van der Waals surface area contributed by atoms with E-state index in [4.69, 9.17) is 9.47 Å². The molecule has 14 heteroatoms. The van der Waals surface area contributed by atoms with Gasteiger partial charge in [0.15, 0.2) is 0 Å². The van der Waals surface area contributed by atoms with E-state index in [1.807, 2.05) is 0 Å². The Kier molecular flexibility index (Phi) is 5.77. The van der Waals surface area contributed by atoms with Gasteiger partial charge in [-0.3, -0.25) is 40.5 Å². The second-order valence-electron chi connectivity index (χ2n) is 7.47. The van der Waals surface area contributed by atoms with Crippen molar-refractivity contribution in [3.05, 3.63) is 99.6 Å². The first-order valence-corrected chi connectivity index (χ1v) is 9.95. The number of nitro groups is 4. The fourth-order valence-corrected chi connectivity index (χ4v) is 4.08. The van der Waals surface area contributed by atoms with Crippen molar-refractivity contribution in [3.63, 3.8) is 0 Å². The number of hydrogen-bond acceptors (Lipinski definition) is 10. The number of benzene rings is 3. The molecule has 0 aromatic heterocycles. The number of rotatable bonds is 7. The Bertz CT molecular complexity index is 1450. The molecule has 0 saturated heterocycles. The Morgan fingerprint density at radius 2 is 1.17 bits per heavy atom. The van der Waals surface area contributed by atoms with Gasteiger partial charge in [-0.05, 0) is 29.8 Å². The maximum absolute atomic E-state index is 11.9. The molecule has 36 heavy (non-hydrogen) atoms. The summed E-state index contributed by atoms with van der Waals surface area (Å²) in [5.74, 6) is 0.717. The summed E-state index contributed by atoms with van der Waals surface area (Å²) in [6.07, 6.45) is 1.42. The van der Waals surface area contributed by atoms with Gasteiger partial charge in [-0.2, -0.15) is 0 Å². The van der Waals surface area contributed by atoms with Gasteiger partial charge in [-0.15, -0.1) is 0 Å². The molecule has 3 aromatic carbocycles. The average Bonchev–Trinajstić information content (AvgIpc) is 3.15. The lowest BCUT2D eigenvalue weighted by Crippen LogP contribution is -1.99. The second kappa shape index (κ2) is 8.75. The second-order valence-corrected chi connectivity index (χ2v) is 7.47. The molecule has 1 aliphatic rings. The Labute approximate surface area is 200 Å². The van der Waals surface area contributed by atoms with Crippen LogP contribution in [0.4, 0.5) is 22.7 Å². The van der Waals surface area contributed by atoms with Gasteiger partial charge >= 0.3 is 0 Å². The van der Waals surface area contributed by atoms with Gasteiger partial charge in [0.05, 0.1) is 57.2 Å². The molecule has 0 saturated carbocycles. The maximum Gasteiger partial charge on any atom is 0.284 e. The van der Waals surface area contributed by atoms with Gasteiger partial charge in [0.2, 0.25) is 0 Å². The molecule has 4 rings (SSSR count). The number of nitrogens with zero attached hydrogens (tertiary/aromatic N) is 4. The van der Waals surface area contributed by atoms with E-state index >= 15 is 0 Å². The average molecular weight is 494 g/mol. The molecule has 182 valence electrons. The van der Waals surface area contributed by atoms with Gasteiger partial charge in [-0.25, -0.2) is 0 Å². The highest BCUT2D eigenvalue weighted by Gasteiger charge is 2.40. The van der Waals surface area contributed by atoms with Gasteiger partial charge in [0.25, 0.3) is 22.7 Å². The van der Waals surface area contributed by atoms with E-state index in [9.17, 15) is 40.5 Å². The summed E-state index contributed by atoms with van der Waals surface area (Å²) >= 11 is 0. The molecule has 0 heterocycles. The number of fused-ring (bicyclic) bond motifs is 3. The zero-order chi connectivity index (χ0) is 26.3. The highest BCUT2D eigenvalue weighted by Crippen LogP contribution is 2.55. The van der Waals surface area contributed by atoms with Crippen LogP contribution in [0.15, 0.2) is 42.5 Å². The number of hydrogen-bond donors (Lipinski definition) is 0.